The summed E-state index contributed by atoms with van der Waals surface area (Å²) in [4.78, 5) is 28.2. The van der Waals surface area contributed by atoms with Crippen molar-refractivity contribution in [1.29, 1.82) is 0 Å². The minimum Gasteiger partial charge on any atom is -0.502 e. The number of aromatic hydroxyl groups is 1. The lowest BCUT2D eigenvalue weighted by Crippen LogP contribution is -2.57. The summed E-state index contributed by atoms with van der Waals surface area (Å²) < 4.78 is 37.5. The van der Waals surface area contributed by atoms with E-state index in [1.165, 1.54) is 33.6 Å². The fraction of sp³-hybridized carbons (Fsp3) is 0.231. The molecule has 0 aliphatic carbocycles. The largest absolute Gasteiger partial charge is 0.502 e. The highest BCUT2D eigenvalue weighted by Gasteiger charge is 2.41. The molecule has 2 bridgehead atoms. The maximum Gasteiger partial charge on any atom is 0.278 e. The number of nitrogens with zero attached hydrogens (tertiary/aromatic N) is 3. The Morgan fingerprint density at radius 2 is 1.97 bits per heavy atom. The van der Waals surface area contributed by atoms with Crippen LogP contribution in [-0.2, 0) is 5.75 Å². The Labute approximate surface area is 209 Å². The highest BCUT2D eigenvalue weighted by molar-refractivity contribution is 7.98. The van der Waals surface area contributed by atoms with Crippen molar-refractivity contribution in [3.8, 4) is 11.5 Å². The first kappa shape index (κ1) is 22.7. The Bertz CT molecular complexity index is 1510. The minimum absolute atomic E-state index is 0.0567. The Morgan fingerprint density at radius 3 is 2.81 bits per heavy atom. The maximum absolute atomic E-state index is 15.3. The molecule has 2 atom stereocenters. The third-order valence-corrected chi connectivity index (χ3v) is 7.93. The van der Waals surface area contributed by atoms with Gasteiger partial charge in [0, 0.05) is 46.1 Å². The highest BCUT2D eigenvalue weighted by atomic mass is 32.2. The van der Waals surface area contributed by atoms with E-state index < -0.39 is 40.8 Å². The van der Waals surface area contributed by atoms with Crippen LogP contribution >= 0.6 is 11.8 Å². The smallest absolute Gasteiger partial charge is 0.278 e. The number of hydrogen-bond donors (Lipinski definition) is 1. The van der Waals surface area contributed by atoms with E-state index in [2.05, 4.69) is 0 Å². The van der Waals surface area contributed by atoms with E-state index in [9.17, 15) is 19.1 Å². The van der Waals surface area contributed by atoms with E-state index in [0.717, 1.165) is 16.5 Å². The molecular weight excluding hydrogens is 488 g/mol. The maximum atomic E-state index is 15.3. The highest BCUT2D eigenvalue weighted by Crippen LogP contribution is 2.47. The van der Waals surface area contributed by atoms with Gasteiger partial charge in [-0.3, -0.25) is 19.3 Å². The molecule has 3 aliphatic heterocycles. The third-order valence-electron chi connectivity index (χ3n) is 6.81. The number of aromatic nitrogens is 1. The Kier molecular flexibility index (Phi) is 5.29. The molecule has 36 heavy (non-hydrogen) atoms. The van der Waals surface area contributed by atoms with E-state index in [1.807, 2.05) is 31.2 Å². The molecule has 0 saturated carbocycles. The van der Waals surface area contributed by atoms with E-state index in [4.69, 9.17) is 4.74 Å². The summed E-state index contributed by atoms with van der Waals surface area (Å²) in [5.74, 6) is -2.76. The third kappa shape index (κ3) is 3.31. The molecule has 0 saturated heterocycles. The first-order valence-corrected chi connectivity index (χ1v) is 12.4. The number of carbonyl (C=O) groups is 1. The van der Waals surface area contributed by atoms with Gasteiger partial charge in [-0.25, -0.2) is 8.78 Å². The van der Waals surface area contributed by atoms with Gasteiger partial charge >= 0.3 is 0 Å². The molecule has 2 aromatic carbocycles. The second kappa shape index (κ2) is 8.41. The zero-order chi connectivity index (χ0) is 25.1. The molecule has 184 valence electrons. The van der Waals surface area contributed by atoms with Gasteiger partial charge in [0.05, 0.1) is 0 Å². The molecule has 10 heteroatoms. The number of thioether (sulfide) groups is 1. The van der Waals surface area contributed by atoms with Gasteiger partial charge in [-0.2, -0.15) is 0 Å². The summed E-state index contributed by atoms with van der Waals surface area (Å²) in [6, 6.07) is 8.63. The van der Waals surface area contributed by atoms with Crippen molar-refractivity contribution in [2.45, 2.75) is 29.7 Å². The number of ether oxygens (including phenoxy) is 1. The van der Waals surface area contributed by atoms with Gasteiger partial charge in [-0.15, -0.1) is 11.8 Å². The van der Waals surface area contributed by atoms with Gasteiger partial charge < -0.3 is 14.7 Å². The van der Waals surface area contributed by atoms with E-state index in [0.29, 0.717) is 5.56 Å². The van der Waals surface area contributed by atoms with Crippen LogP contribution in [0.3, 0.4) is 0 Å². The Morgan fingerprint density at radius 1 is 1.17 bits per heavy atom. The minimum atomic E-state index is -1.00. The van der Waals surface area contributed by atoms with E-state index in [-0.39, 0.29) is 36.0 Å². The molecule has 1 aromatic heterocycles. The second-order valence-electron chi connectivity index (χ2n) is 8.85. The number of pyridine rings is 1. The average molecular weight is 510 g/mol. The van der Waals surface area contributed by atoms with E-state index in [1.54, 1.807) is 17.2 Å². The number of hydrogen-bond acceptors (Lipinski definition) is 6. The van der Waals surface area contributed by atoms with E-state index >= 15 is 4.39 Å². The molecule has 0 radical (unpaired) electrons. The van der Waals surface area contributed by atoms with Crippen LogP contribution in [0.1, 0.15) is 40.1 Å². The van der Waals surface area contributed by atoms with Crippen molar-refractivity contribution in [3.05, 3.63) is 99.0 Å². The molecule has 0 unspecified atom stereocenters. The van der Waals surface area contributed by atoms with Gasteiger partial charge in [-0.05, 0) is 24.6 Å². The lowest BCUT2D eigenvalue weighted by Gasteiger charge is -2.45. The molecule has 0 spiro atoms. The average Bonchev–Trinajstić information content (AvgIpc) is 3.05. The molecule has 1 amide bonds. The molecule has 6 rings (SSSR count). The number of fused-ring (bicyclic) bond motifs is 7. The number of halogens is 2. The molecule has 3 aromatic rings. The van der Waals surface area contributed by atoms with Crippen LogP contribution < -0.4 is 15.2 Å². The lowest BCUT2D eigenvalue weighted by molar-refractivity contribution is 0.0642. The fourth-order valence-corrected chi connectivity index (χ4v) is 6.15. The lowest BCUT2D eigenvalue weighted by atomic mass is 9.92. The zero-order valence-electron chi connectivity index (χ0n) is 19.1. The van der Waals surface area contributed by atoms with Gasteiger partial charge in [-0.1, -0.05) is 24.3 Å². The van der Waals surface area contributed by atoms with Crippen LogP contribution in [-0.4, -0.2) is 39.9 Å². The monoisotopic (exact) mass is 509 g/mol. The summed E-state index contributed by atoms with van der Waals surface area (Å²) in [5, 5.41) is 12.5. The molecule has 0 fully saturated rings. The molecule has 7 nitrogen and oxygen atoms in total. The van der Waals surface area contributed by atoms with Gasteiger partial charge in [0.15, 0.2) is 23.1 Å². The number of amides is 1. The molecular formula is C26H21F2N3O4S. The van der Waals surface area contributed by atoms with Crippen molar-refractivity contribution in [2.75, 3.05) is 18.3 Å². The summed E-state index contributed by atoms with van der Waals surface area (Å²) in [7, 11) is 0. The van der Waals surface area contributed by atoms with Crippen molar-refractivity contribution in [3.63, 3.8) is 0 Å². The topological polar surface area (TPSA) is 75.0 Å². The Balaban J connectivity index is 1.72. The number of carbonyl (C=O) groups excluding carboxylic acids is 1. The van der Waals surface area contributed by atoms with Crippen molar-refractivity contribution >= 4 is 17.7 Å². The van der Waals surface area contributed by atoms with Crippen molar-refractivity contribution < 1.29 is 23.4 Å². The first-order chi connectivity index (χ1) is 17.4. The van der Waals surface area contributed by atoms with Crippen molar-refractivity contribution in [1.82, 2.24) is 9.58 Å². The fourth-order valence-electron chi connectivity index (χ4n) is 5.05. The molecule has 4 heterocycles. The second-order valence-corrected chi connectivity index (χ2v) is 9.87. The number of benzene rings is 2. The Hall–Kier alpha value is -3.79. The molecule has 1 N–H and O–H groups in total. The summed E-state index contributed by atoms with van der Waals surface area (Å²) in [6.07, 6.45) is 4.90. The SMILES string of the molecule is C[C@H]1/C=C\COc2cc(F)c(F)c3c2[C@@H](c2ccccc2SC3)N2CN1C(=O)c1c(O)c(=O)ccn12. The number of rotatable bonds is 0. The standard InChI is InChI=1S/C26H21F2N3O4S/c1-14-5-4-10-35-19-11-17(27)22(28)16-12-36-20-7-3-2-6-15(20)23(21(16)19)31-13-29(14)26(34)24-25(33)18(32)8-9-30(24)31/h2-9,11,14,23,33H,10,12-13H2,1H3/b5-4-/t14-,23+/m0/s1. The van der Waals surface area contributed by atoms with Gasteiger partial charge in [0.25, 0.3) is 5.91 Å². The van der Waals surface area contributed by atoms with Crippen LogP contribution in [0, 0.1) is 11.6 Å². The van der Waals surface area contributed by atoms with Crippen LogP contribution in [0.5, 0.6) is 11.5 Å². The van der Waals surface area contributed by atoms with Gasteiger partial charge in [0.1, 0.15) is 25.1 Å². The summed E-state index contributed by atoms with van der Waals surface area (Å²) in [6.45, 7) is 1.95. The van der Waals surface area contributed by atoms with Gasteiger partial charge in [0.2, 0.25) is 5.43 Å². The summed E-state index contributed by atoms with van der Waals surface area (Å²) >= 11 is 1.39. The van der Waals surface area contributed by atoms with Crippen LogP contribution in [0.2, 0.25) is 0 Å². The van der Waals surface area contributed by atoms with Crippen molar-refractivity contribution in [2.24, 2.45) is 0 Å². The predicted octanol–water partition coefficient (Wildman–Crippen LogP) is 3.92. The molecule has 3 aliphatic rings. The zero-order valence-corrected chi connectivity index (χ0v) is 20.0. The normalized spacial score (nSPS) is 21.4. The quantitative estimate of drug-likeness (QED) is 0.463. The van der Waals surface area contributed by atoms with Crippen LogP contribution in [0.15, 0.2) is 64.4 Å². The van der Waals surface area contributed by atoms with Crippen LogP contribution in [0.4, 0.5) is 8.78 Å². The summed E-state index contributed by atoms with van der Waals surface area (Å²) in [5.41, 5.74) is 0.540. The predicted molar refractivity (Wildman–Crippen MR) is 130 cm³/mol. The van der Waals surface area contributed by atoms with Crippen LogP contribution in [0.25, 0.3) is 0 Å². The first-order valence-electron chi connectivity index (χ1n) is 11.4.